The first-order chi connectivity index (χ1) is 9.08. The van der Waals surface area contributed by atoms with Crippen molar-refractivity contribution in [2.75, 3.05) is 13.1 Å². The van der Waals surface area contributed by atoms with Gasteiger partial charge in [0.15, 0.2) is 0 Å². The highest BCUT2D eigenvalue weighted by molar-refractivity contribution is 7.09. The average Bonchev–Trinajstić information content (AvgIpc) is 2.82. The van der Waals surface area contributed by atoms with Gasteiger partial charge in [0.1, 0.15) is 0 Å². The summed E-state index contributed by atoms with van der Waals surface area (Å²) in [6.45, 7) is 5.22. The van der Waals surface area contributed by atoms with E-state index >= 15 is 0 Å². The molecule has 0 fully saturated rings. The standard InChI is InChI=1S/C15H20N2OS/c1-12-17-14(10-19-12)8-9-16-11-15(2,18)13-6-4-3-5-7-13/h3-7,10,16,18H,8-9,11H2,1-2H3. The predicted octanol–water partition coefficient (Wildman–Crippen LogP) is 2.49. The van der Waals surface area contributed by atoms with E-state index in [2.05, 4.69) is 15.7 Å². The molecule has 1 atom stereocenters. The Hall–Kier alpha value is -1.23. The number of rotatable bonds is 6. The molecule has 19 heavy (non-hydrogen) atoms. The molecule has 0 bridgehead atoms. The lowest BCUT2D eigenvalue weighted by Crippen LogP contribution is -2.36. The van der Waals surface area contributed by atoms with Gasteiger partial charge in [0, 0.05) is 24.9 Å². The summed E-state index contributed by atoms with van der Waals surface area (Å²) < 4.78 is 0. The van der Waals surface area contributed by atoms with Gasteiger partial charge in [0.05, 0.1) is 16.3 Å². The maximum atomic E-state index is 10.4. The minimum Gasteiger partial charge on any atom is -0.384 e. The monoisotopic (exact) mass is 276 g/mol. The summed E-state index contributed by atoms with van der Waals surface area (Å²) in [6, 6.07) is 9.75. The molecule has 0 spiro atoms. The zero-order valence-electron chi connectivity index (χ0n) is 11.4. The zero-order chi connectivity index (χ0) is 13.7. The number of aryl methyl sites for hydroxylation is 1. The number of aromatic nitrogens is 1. The first kappa shape index (κ1) is 14.2. The van der Waals surface area contributed by atoms with Crippen LogP contribution in [0.3, 0.4) is 0 Å². The normalized spacial score (nSPS) is 14.3. The predicted molar refractivity (Wildman–Crippen MR) is 79.4 cm³/mol. The fourth-order valence-corrected chi connectivity index (χ4v) is 2.62. The highest BCUT2D eigenvalue weighted by Gasteiger charge is 2.21. The Bertz CT molecular complexity index is 508. The number of aliphatic hydroxyl groups is 1. The van der Waals surface area contributed by atoms with Crippen molar-refractivity contribution in [2.45, 2.75) is 25.9 Å². The van der Waals surface area contributed by atoms with Gasteiger partial charge >= 0.3 is 0 Å². The summed E-state index contributed by atoms with van der Waals surface area (Å²) in [5.74, 6) is 0. The highest BCUT2D eigenvalue weighted by Crippen LogP contribution is 2.18. The van der Waals surface area contributed by atoms with E-state index in [1.807, 2.05) is 44.2 Å². The number of hydrogen-bond acceptors (Lipinski definition) is 4. The number of nitrogens with zero attached hydrogens (tertiary/aromatic N) is 1. The number of thiazole rings is 1. The molecule has 2 aromatic rings. The third-order valence-corrected chi connectivity index (χ3v) is 3.91. The Balaban J connectivity index is 1.79. The van der Waals surface area contributed by atoms with E-state index in [1.165, 1.54) is 0 Å². The lowest BCUT2D eigenvalue weighted by Gasteiger charge is -2.24. The van der Waals surface area contributed by atoms with Crippen LogP contribution in [0.5, 0.6) is 0 Å². The molecule has 0 radical (unpaired) electrons. The van der Waals surface area contributed by atoms with Crippen LogP contribution in [0.4, 0.5) is 0 Å². The lowest BCUT2D eigenvalue weighted by atomic mass is 9.96. The van der Waals surface area contributed by atoms with Gasteiger partial charge in [-0.05, 0) is 19.4 Å². The van der Waals surface area contributed by atoms with Crippen LogP contribution in [-0.2, 0) is 12.0 Å². The molecular weight excluding hydrogens is 256 g/mol. The second-order valence-corrected chi connectivity index (χ2v) is 5.99. The largest absolute Gasteiger partial charge is 0.384 e. The van der Waals surface area contributed by atoms with Crippen molar-refractivity contribution in [3.05, 3.63) is 52.0 Å². The SMILES string of the molecule is Cc1nc(CCNCC(C)(O)c2ccccc2)cs1. The molecule has 0 saturated heterocycles. The van der Waals surface area contributed by atoms with E-state index in [-0.39, 0.29) is 0 Å². The number of hydrogen-bond donors (Lipinski definition) is 2. The van der Waals surface area contributed by atoms with Gasteiger partial charge in [-0.15, -0.1) is 11.3 Å². The van der Waals surface area contributed by atoms with E-state index in [0.29, 0.717) is 6.54 Å². The number of nitrogens with one attached hydrogen (secondary N) is 1. The lowest BCUT2D eigenvalue weighted by molar-refractivity contribution is 0.0573. The van der Waals surface area contributed by atoms with Crippen LogP contribution in [0.2, 0.25) is 0 Å². The average molecular weight is 276 g/mol. The van der Waals surface area contributed by atoms with Gasteiger partial charge in [-0.3, -0.25) is 0 Å². The molecule has 1 heterocycles. The Kier molecular flexibility index (Phi) is 4.69. The van der Waals surface area contributed by atoms with Crippen molar-refractivity contribution < 1.29 is 5.11 Å². The van der Waals surface area contributed by atoms with Crippen LogP contribution in [-0.4, -0.2) is 23.2 Å². The topological polar surface area (TPSA) is 45.2 Å². The molecule has 0 aliphatic carbocycles. The molecular formula is C15H20N2OS. The quantitative estimate of drug-likeness (QED) is 0.797. The summed E-state index contributed by atoms with van der Waals surface area (Å²) >= 11 is 1.68. The van der Waals surface area contributed by atoms with Crippen molar-refractivity contribution in [1.29, 1.82) is 0 Å². The maximum Gasteiger partial charge on any atom is 0.0992 e. The summed E-state index contributed by atoms with van der Waals surface area (Å²) in [5, 5.41) is 16.9. The Morgan fingerprint density at radius 2 is 2.05 bits per heavy atom. The first-order valence-corrected chi connectivity index (χ1v) is 7.35. The second-order valence-electron chi connectivity index (χ2n) is 4.92. The Labute approximate surface area is 118 Å². The van der Waals surface area contributed by atoms with Gasteiger partial charge in [0.2, 0.25) is 0 Å². The van der Waals surface area contributed by atoms with Gasteiger partial charge < -0.3 is 10.4 Å². The molecule has 0 saturated carbocycles. The van der Waals surface area contributed by atoms with Crippen LogP contribution in [0.15, 0.2) is 35.7 Å². The fourth-order valence-electron chi connectivity index (χ4n) is 1.97. The van der Waals surface area contributed by atoms with Crippen LogP contribution < -0.4 is 5.32 Å². The smallest absolute Gasteiger partial charge is 0.0992 e. The maximum absolute atomic E-state index is 10.4. The van der Waals surface area contributed by atoms with Crippen LogP contribution >= 0.6 is 11.3 Å². The van der Waals surface area contributed by atoms with Crippen molar-refractivity contribution in [3.8, 4) is 0 Å². The van der Waals surface area contributed by atoms with Crippen molar-refractivity contribution in [2.24, 2.45) is 0 Å². The third kappa shape index (κ3) is 4.13. The van der Waals surface area contributed by atoms with Gasteiger partial charge in [-0.25, -0.2) is 4.98 Å². The molecule has 0 aliphatic rings. The minimum absolute atomic E-state index is 0.542. The molecule has 102 valence electrons. The fraction of sp³-hybridized carbons (Fsp3) is 0.400. The summed E-state index contributed by atoms with van der Waals surface area (Å²) in [5.41, 5.74) is 1.22. The van der Waals surface area contributed by atoms with Crippen molar-refractivity contribution >= 4 is 11.3 Å². The molecule has 3 nitrogen and oxygen atoms in total. The van der Waals surface area contributed by atoms with Crippen LogP contribution in [0.1, 0.15) is 23.2 Å². The summed E-state index contributed by atoms with van der Waals surface area (Å²) in [7, 11) is 0. The zero-order valence-corrected chi connectivity index (χ0v) is 12.2. The van der Waals surface area contributed by atoms with Gasteiger partial charge in [-0.1, -0.05) is 30.3 Å². The molecule has 2 N–H and O–H groups in total. The molecule has 1 aromatic heterocycles. The van der Waals surface area contributed by atoms with Crippen LogP contribution in [0.25, 0.3) is 0 Å². The number of benzene rings is 1. The molecule has 0 amide bonds. The van der Waals surface area contributed by atoms with Crippen molar-refractivity contribution in [3.63, 3.8) is 0 Å². The molecule has 2 rings (SSSR count). The summed E-state index contributed by atoms with van der Waals surface area (Å²) in [4.78, 5) is 4.42. The van der Waals surface area contributed by atoms with E-state index in [9.17, 15) is 5.11 Å². The Morgan fingerprint density at radius 1 is 1.32 bits per heavy atom. The van der Waals surface area contributed by atoms with E-state index in [0.717, 1.165) is 29.2 Å². The van der Waals surface area contributed by atoms with Crippen molar-refractivity contribution in [1.82, 2.24) is 10.3 Å². The second kappa shape index (κ2) is 6.28. The third-order valence-electron chi connectivity index (χ3n) is 3.09. The first-order valence-electron chi connectivity index (χ1n) is 6.47. The molecule has 4 heteroatoms. The summed E-state index contributed by atoms with van der Waals surface area (Å²) in [6.07, 6.45) is 0.898. The van der Waals surface area contributed by atoms with E-state index < -0.39 is 5.60 Å². The minimum atomic E-state index is -0.834. The van der Waals surface area contributed by atoms with E-state index in [1.54, 1.807) is 11.3 Å². The van der Waals surface area contributed by atoms with Gasteiger partial charge in [0.25, 0.3) is 0 Å². The van der Waals surface area contributed by atoms with E-state index in [4.69, 9.17) is 0 Å². The molecule has 1 unspecified atom stereocenters. The highest BCUT2D eigenvalue weighted by atomic mass is 32.1. The molecule has 1 aromatic carbocycles. The van der Waals surface area contributed by atoms with Crippen LogP contribution in [0, 0.1) is 6.92 Å². The molecule has 0 aliphatic heterocycles. The van der Waals surface area contributed by atoms with Gasteiger partial charge in [-0.2, -0.15) is 0 Å². The Morgan fingerprint density at radius 3 is 2.68 bits per heavy atom.